The van der Waals surface area contributed by atoms with E-state index < -0.39 is 5.97 Å². The van der Waals surface area contributed by atoms with Crippen LogP contribution in [-0.2, 0) is 6.54 Å². The maximum atomic E-state index is 11.7. The first-order valence-corrected chi connectivity index (χ1v) is 7.62. The first-order valence-electron chi connectivity index (χ1n) is 6.74. The van der Waals surface area contributed by atoms with E-state index in [1.807, 2.05) is 0 Å². The van der Waals surface area contributed by atoms with Gasteiger partial charge in [-0.15, -0.1) is 11.3 Å². The largest absolute Gasteiger partial charge is 0.476 e. The second-order valence-electron chi connectivity index (χ2n) is 5.17. The molecule has 1 aliphatic rings. The zero-order valence-corrected chi connectivity index (χ0v) is 12.3. The Balaban J connectivity index is 1.73. The van der Waals surface area contributed by atoms with Crippen LogP contribution in [0.15, 0.2) is 5.38 Å². The minimum atomic E-state index is -1.05. The fourth-order valence-corrected chi connectivity index (χ4v) is 3.02. The normalized spacial score (nSPS) is 16.2. The van der Waals surface area contributed by atoms with Crippen LogP contribution in [0.3, 0.4) is 0 Å². The van der Waals surface area contributed by atoms with Gasteiger partial charge in [-0.05, 0) is 24.7 Å². The minimum absolute atomic E-state index is 0.0200. The van der Waals surface area contributed by atoms with Crippen molar-refractivity contribution in [3.63, 3.8) is 0 Å². The second kappa shape index (κ2) is 6.21. The number of hydrogen-bond donors (Lipinski definition) is 3. The SMILES string of the molecule is CCC1(CNC(=O)NCc2nc(C(=O)O)cs2)CCC1. The lowest BCUT2D eigenvalue weighted by Crippen LogP contribution is -2.45. The van der Waals surface area contributed by atoms with Crippen molar-refractivity contribution in [3.8, 4) is 0 Å². The Morgan fingerprint density at radius 2 is 2.20 bits per heavy atom. The number of rotatable bonds is 6. The Hall–Kier alpha value is -1.63. The molecule has 0 aromatic carbocycles. The van der Waals surface area contributed by atoms with Crippen molar-refractivity contribution in [1.82, 2.24) is 15.6 Å². The van der Waals surface area contributed by atoms with E-state index in [0.717, 1.165) is 6.42 Å². The van der Waals surface area contributed by atoms with E-state index >= 15 is 0 Å². The molecule has 0 aliphatic heterocycles. The molecule has 0 atom stereocenters. The van der Waals surface area contributed by atoms with Gasteiger partial charge in [0.05, 0.1) is 6.54 Å². The number of carboxylic acids is 1. The highest BCUT2D eigenvalue weighted by Gasteiger charge is 2.35. The van der Waals surface area contributed by atoms with Crippen molar-refractivity contribution >= 4 is 23.3 Å². The zero-order chi connectivity index (χ0) is 14.6. The highest BCUT2D eigenvalue weighted by Crippen LogP contribution is 2.42. The molecule has 0 radical (unpaired) electrons. The van der Waals surface area contributed by atoms with Crippen LogP contribution in [0.4, 0.5) is 4.79 Å². The number of aromatic carboxylic acids is 1. The molecule has 1 aliphatic carbocycles. The summed E-state index contributed by atoms with van der Waals surface area (Å²) in [5.74, 6) is -1.05. The molecule has 110 valence electrons. The summed E-state index contributed by atoms with van der Waals surface area (Å²) in [4.78, 5) is 26.3. The van der Waals surface area contributed by atoms with Crippen LogP contribution in [0, 0.1) is 5.41 Å². The maximum Gasteiger partial charge on any atom is 0.355 e. The van der Waals surface area contributed by atoms with Crippen molar-refractivity contribution < 1.29 is 14.7 Å². The summed E-state index contributed by atoms with van der Waals surface area (Å²) in [6.45, 7) is 3.11. The van der Waals surface area contributed by atoms with E-state index in [4.69, 9.17) is 5.11 Å². The highest BCUT2D eigenvalue weighted by atomic mass is 32.1. The molecule has 0 unspecified atom stereocenters. The van der Waals surface area contributed by atoms with Crippen molar-refractivity contribution in [2.45, 2.75) is 39.2 Å². The summed E-state index contributed by atoms with van der Waals surface area (Å²) < 4.78 is 0. The third-order valence-electron chi connectivity index (χ3n) is 3.96. The van der Waals surface area contributed by atoms with Gasteiger partial charge >= 0.3 is 12.0 Å². The Morgan fingerprint density at radius 1 is 1.45 bits per heavy atom. The topological polar surface area (TPSA) is 91.3 Å². The zero-order valence-electron chi connectivity index (χ0n) is 11.4. The number of carbonyl (C=O) groups is 2. The van der Waals surface area contributed by atoms with Gasteiger partial charge in [0.25, 0.3) is 0 Å². The average Bonchev–Trinajstić information content (AvgIpc) is 2.84. The van der Waals surface area contributed by atoms with Gasteiger partial charge in [0.15, 0.2) is 5.69 Å². The van der Waals surface area contributed by atoms with Gasteiger partial charge in [0.2, 0.25) is 0 Å². The summed E-state index contributed by atoms with van der Waals surface area (Å²) in [6, 6.07) is -0.225. The van der Waals surface area contributed by atoms with Crippen LogP contribution in [0.5, 0.6) is 0 Å². The van der Waals surface area contributed by atoms with Crippen LogP contribution in [0.2, 0.25) is 0 Å². The van der Waals surface area contributed by atoms with Crippen LogP contribution in [-0.4, -0.2) is 28.6 Å². The summed E-state index contributed by atoms with van der Waals surface area (Å²) in [7, 11) is 0. The minimum Gasteiger partial charge on any atom is -0.476 e. The predicted molar refractivity (Wildman–Crippen MR) is 75.9 cm³/mol. The fraction of sp³-hybridized carbons (Fsp3) is 0.615. The molecule has 1 aromatic heterocycles. The lowest BCUT2D eigenvalue weighted by atomic mass is 9.67. The predicted octanol–water partition coefficient (Wildman–Crippen LogP) is 2.22. The number of aromatic nitrogens is 1. The van der Waals surface area contributed by atoms with Crippen LogP contribution < -0.4 is 10.6 Å². The summed E-state index contributed by atoms with van der Waals surface area (Å²) in [6.07, 6.45) is 4.69. The number of amides is 2. The third-order valence-corrected chi connectivity index (χ3v) is 4.81. The molecule has 2 amide bonds. The van der Waals surface area contributed by atoms with E-state index in [1.54, 1.807) is 0 Å². The van der Waals surface area contributed by atoms with Gasteiger partial charge in [0.1, 0.15) is 5.01 Å². The Labute approximate surface area is 121 Å². The molecule has 2 rings (SSSR count). The van der Waals surface area contributed by atoms with Crippen LogP contribution >= 0.6 is 11.3 Å². The number of carboxylic acid groups (broad SMARTS) is 1. The van der Waals surface area contributed by atoms with Crippen LogP contribution in [0.1, 0.15) is 48.1 Å². The molecule has 3 N–H and O–H groups in total. The van der Waals surface area contributed by atoms with Crippen molar-refractivity contribution in [1.29, 1.82) is 0 Å². The Bertz CT molecular complexity index is 491. The molecule has 1 heterocycles. The van der Waals surface area contributed by atoms with Gasteiger partial charge in [-0.25, -0.2) is 14.6 Å². The summed E-state index contributed by atoms with van der Waals surface area (Å²) >= 11 is 1.23. The molecule has 0 spiro atoms. The van der Waals surface area contributed by atoms with Crippen molar-refractivity contribution in [3.05, 3.63) is 16.1 Å². The van der Waals surface area contributed by atoms with Gasteiger partial charge in [0, 0.05) is 11.9 Å². The number of hydrogen-bond acceptors (Lipinski definition) is 4. The number of nitrogens with zero attached hydrogens (tertiary/aromatic N) is 1. The lowest BCUT2D eigenvalue weighted by Gasteiger charge is -2.41. The van der Waals surface area contributed by atoms with E-state index in [2.05, 4.69) is 22.5 Å². The molecule has 1 aromatic rings. The van der Waals surface area contributed by atoms with Crippen LogP contribution in [0.25, 0.3) is 0 Å². The first-order chi connectivity index (χ1) is 9.54. The standard InChI is InChI=1S/C13H19N3O3S/c1-2-13(4-3-5-13)8-15-12(19)14-6-10-16-9(7-20-10)11(17)18/h7H,2-6,8H2,1H3,(H,17,18)(H2,14,15,19). The summed E-state index contributed by atoms with van der Waals surface area (Å²) in [5, 5.41) is 16.4. The Morgan fingerprint density at radius 3 is 2.70 bits per heavy atom. The smallest absolute Gasteiger partial charge is 0.355 e. The van der Waals surface area contributed by atoms with E-state index in [9.17, 15) is 9.59 Å². The number of thiazole rings is 1. The molecule has 1 saturated carbocycles. The molecule has 1 fully saturated rings. The second-order valence-corrected chi connectivity index (χ2v) is 6.12. The van der Waals surface area contributed by atoms with Gasteiger partial charge in [-0.3, -0.25) is 0 Å². The van der Waals surface area contributed by atoms with Gasteiger partial charge in [-0.2, -0.15) is 0 Å². The monoisotopic (exact) mass is 297 g/mol. The lowest BCUT2D eigenvalue weighted by molar-refractivity contribution is 0.0691. The fourth-order valence-electron chi connectivity index (χ4n) is 2.31. The van der Waals surface area contributed by atoms with E-state index in [-0.39, 0.29) is 23.7 Å². The average molecular weight is 297 g/mol. The summed E-state index contributed by atoms with van der Waals surface area (Å²) in [5.41, 5.74) is 0.307. The van der Waals surface area contributed by atoms with E-state index in [0.29, 0.717) is 11.6 Å². The van der Waals surface area contributed by atoms with Crippen molar-refractivity contribution in [2.75, 3.05) is 6.54 Å². The van der Waals surface area contributed by atoms with Gasteiger partial charge in [-0.1, -0.05) is 13.3 Å². The molecule has 7 heteroatoms. The Kier molecular flexibility index (Phi) is 4.59. The first kappa shape index (κ1) is 14.8. The molecular weight excluding hydrogens is 278 g/mol. The quantitative estimate of drug-likeness (QED) is 0.751. The maximum absolute atomic E-state index is 11.7. The molecule has 20 heavy (non-hydrogen) atoms. The van der Waals surface area contributed by atoms with Crippen molar-refractivity contribution in [2.24, 2.45) is 5.41 Å². The highest BCUT2D eigenvalue weighted by molar-refractivity contribution is 7.09. The molecule has 0 bridgehead atoms. The third kappa shape index (κ3) is 3.47. The van der Waals surface area contributed by atoms with Gasteiger partial charge < -0.3 is 15.7 Å². The molecular formula is C13H19N3O3S. The van der Waals surface area contributed by atoms with E-state index in [1.165, 1.54) is 36.0 Å². The molecule has 6 nitrogen and oxygen atoms in total. The number of urea groups is 1. The molecule has 0 saturated heterocycles. The number of nitrogens with one attached hydrogen (secondary N) is 2. The number of carbonyl (C=O) groups excluding carboxylic acids is 1.